The van der Waals surface area contributed by atoms with Gasteiger partial charge in [0.05, 0.1) is 18.7 Å². The maximum absolute atomic E-state index is 11.9. The van der Waals surface area contributed by atoms with Gasteiger partial charge in [-0.25, -0.2) is 9.59 Å². The van der Waals surface area contributed by atoms with Crippen LogP contribution in [0.2, 0.25) is 0 Å². The molecule has 1 saturated heterocycles. The average Bonchev–Trinajstić information content (AvgIpc) is 2.65. The first-order valence-electron chi connectivity index (χ1n) is 8.29. The topological polar surface area (TPSA) is 90.6 Å². The second-order valence-corrected chi connectivity index (χ2v) is 6.57. The van der Waals surface area contributed by atoms with Gasteiger partial charge in [0.15, 0.2) is 0 Å². The van der Waals surface area contributed by atoms with Crippen molar-refractivity contribution in [3.63, 3.8) is 0 Å². The van der Waals surface area contributed by atoms with E-state index in [1.807, 2.05) is 24.3 Å². The molecule has 6 nitrogen and oxygen atoms in total. The highest BCUT2D eigenvalue weighted by atomic mass is 16.5. The number of benzene rings is 1. The van der Waals surface area contributed by atoms with Crippen molar-refractivity contribution in [2.75, 3.05) is 13.7 Å². The lowest BCUT2D eigenvalue weighted by Crippen LogP contribution is -2.51. The molecule has 1 heterocycles. The van der Waals surface area contributed by atoms with Crippen molar-refractivity contribution in [3.05, 3.63) is 47.0 Å². The zero-order valence-electron chi connectivity index (χ0n) is 14.0. The Bertz CT molecular complexity index is 748. The van der Waals surface area contributed by atoms with E-state index in [1.165, 1.54) is 12.0 Å². The third-order valence-electron chi connectivity index (χ3n) is 5.20. The van der Waals surface area contributed by atoms with Crippen LogP contribution in [0.1, 0.15) is 36.3 Å². The monoisotopic (exact) mass is 340 g/mol. The smallest absolute Gasteiger partial charge is 0.410 e. The van der Waals surface area contributed by atoms with Gasteiger partial charge in [0.2, 0.25) is 0 Å². The normalized spacial score (nSPS) is 25.4. The number of carboxylic acids is 1. The van der Waals surface area contributed by atoms with Crippen molar-refractivity contribution in [2.24, 2.45) is 5.92 Å². The van der Waals surface area contributed by atoms with Gasteiger partial charge in [-0.15, -0.1) is 0 Å². The molecule has 3 atom stereocenters. The summed E-state index contributed by atoms with van der Waals surface area (Å²) in [6.45, 7) is 0.314. The standard InChI is InChI=1S/C19H20N2O4/c1-25-19(24)21-11-15-7-6-14(8-16(15)9-17(21)18(22)23)13-4-2-12(10-20)3-5-13/h2-5,7,14,16-17H,6,8-9,11H2,1H3,(H,22,23). The van der Waals surface area contributed by atoms with Crippen LogP contribution in [-0.4, -0.2) is 41.8 Å². The summed E-state index contributed by atoms with van der Waals surface area (Å²) < 4.78 is 4.73. The third-order valence-corrected chi connectivity index (χ3v) is 5.20. The summed E-state index contributed by atoms with van der Waals surface area (Å²) in [6, 6.07) is 8.84. The lowest BCUT2D eigenvalue weighted by molar-refractivity contribution is -0.143. The molecule has 1 N–H and O–H groups in total. The molecule has 0 radical (unpaired) electrons. The molecule has 6 heteroatoms. The van der Waals surface area contributed by atoms with E-state index in [9.17, 15) is 14.7 Å². The van der Waals surface area contributed by atoms with E-state index >= 15 is 0 Å². The van der Waals surface area contributed by atoms with Crippen LogP contribution in [0.5, 0.6) is 0 Å². The Balaban J connectivity index is 1.80. The number of ether oxygens (including phenoxy) is 1. The molecule has 1 aliphatic heterocycles. The van der Waals surface area contributed by atoms with Crippen LogP contribution in [0, 0.1) is 17.2 Å². The van der Waals surface area contributed by atoms with Gasteiger partial charge < -0.3 is 9.84 Å². The Labute approximate surface area is 146 Å². The molecule has 0 aromatic heterocycles. The number of carbonyl (C=O) groups excluding carboxylic acids is 1. The molecular weight excluding hydrogens is 320 g/mol. The quantitative estimate of drug-likeness (QED) is 0.836. The number of carbonyl (C=O) groups is 2. The number of rotatable bonds is 2. The summed E-state index contributed by atoms with van der Waals surface area (Å²) in [5, 5.41) is 18.4. The van der Waals surface area contributed by atoms with Crippen LogP contribution in [-0.2, 0) is 9.53 Å². The van der Waals surface area contributed by atoms with Gasteiger partial charge in [0, 0.05) is 6.54 Å². The molecule has 25 heavy (non-hydrogen) atoms. The maximum atomic E-state index is 11.9. The lowest BCUT2D eigenvalue weighted by atomic mass is 9.73. The Morgan fingerprint density at radius 2 is 1.96 bits per heavy atom. The molecule has 1 aromatic carbocycles. The number of methoxy groups -OCH3 is 1. The van der Waals surface area contributed by atoms with Crippen LogP contribution < -0.4 is 0 Å². The Hall–Kier alpha value is -2.81. The molecule has 2 aliphatic rings. The van der Waals surface area contributed by atoms with Gasteiger partial charge in [-0.1, -0.05) is 23.8 Å². The number of hydrogen-bond donors (Lipinski definition) is 1. The number of allylic oxidation sites excluding steroid dienone is 1. The van der Waals surface area contributed by atoms with Crippen LogP contribution in [0.25, 0.3) is 0 Å². The molecule has 3 rings (SSSR count). The minimum Gasteiger partial charge on any atom is -0.480 e. The average molecular weight is 340 g/mol. The molecule has 0 bridgehead atoms. The Kier molecular flexibility index (Phi) is 4.75. The highest BCUT2D eigenvalue weighted by molar-refractivity contribution is 5.80. The number of amides is 1. The van der Waals surface area contributed by atoms with Crippen molar-refractivity contribution >= 4 is 12.1 Å². The lowest BCUT2D eigenvalue weighted by Gasteiger charge is -2.41. The van der Waals surface area contributed by atoms with Crippen LogP contribution >= 0.6 is 0 Å². The second-order valence-electron chi connectivity index (χ2n) is 6.57. The Morgan fingerprint density at radius 1 is 1.24 bits per heavy atom. The van der Waals surface area contributed by atoms with Crippen molar-refractivity contribution in [1.82, 2.24) is 4.90 Å². The summed E-state index contributed by atoms with van der Waals surface area (Å²) in [7, 11) is 1.27. The fraction of sp³-hybridized carbons (Fsp3) is 0.421. The van der Waals surface area contributed by atoms with E-state index < -0.39 is 18.1 Å². The van der Waals surface area contributed by atoms with Crippen LogP contribution in [0.3, 0.4) is 0 Å². The number of fused-ring (bicyclic) bond motifs is 1. The van der Waals surface area contributed by atoms with Crippen molar-refractivity contribution in [2.45, 2.75) is 31.2 Å². The summed E-state index contributed by atoms with van der Waals surface area (Å²) in [4.78, 5) is 24.8. The van der Waals surface area contributed by atoms with E-state index in [2.05, 4.69) is 12.1 Å². The van der Waals surface area contributed by atoms with E-state index in [1.54, 1.807) is 0 Å². The van der Waals surface area contributed by atoms with Gasteiger partial charge in [-0.05, 0) is 48.8 Å². The van der Waals surface area contributed by atoms with E-state index in [0.29, 0.717) is 24.4 Å². The van der Waals surface area contributed by atoms with Gasteiger partial charge in [-0.2, -0.15) is 5.26 Å². The molecule has 0 saturated carbocycles. The zero-order valence-corrected chi connectivity index (χ0v) is 14.0. The summed E-state index contributed by atoms with van der Waals surface area (Å²) in [5.74, 6) is -0.540. The first-order valence-corrected chi connectivity index (χ1v) is 8.29. The number of carboxylic acid groups (broad SMARTS) is 1. The van der Waals surface area contributed by atoms with Crippen LogP contribution in [0.15, 0.2) is 35.9 Å². The van der Waals surface area contributed by atoms with E-state index in [-0.39, 0.29) is 5.92 Å². The SMILES string of the molecule is COC(=O)N1CC2=CCC(c3ccc(C#N)cc3)CC2CC1C(=O)O. The molecule has 130 valence electrons. The number of piperidine rings is 1. The minimum absolute atomic E-state index is 0.149. The number of hydrogen-bond acceptors (Lipinski definition) is 4. The van der Waals surface area contributed by atoms with Crippen LogP contribution in [0.4, 0.5) is 4.79 Å². The van der Waals surface area contributed by atoms with Gasteiger partial charge in [0.1, 0.15) is 6.04 Å². The first kappa shape index (κ1) is 17.0. The van der Waals surface area contributed by atoms with Gasteiger partial charge in [-0.3, -0.25) is 4.90 Å². The van der Waals surface area contributed by atoms with Crippen molar-refractivity contribution in [1.29, 1.82) is 5.26 Å². The third kappa shape index (κ3) is 3.36. The zero-order chi connectivity index (χ0) is 18.0. The predicted molar refractivity (Wildman–Crippen MR) is 89.9 cm³/mol. The Morgan fingerprint density at radius 3 is 2.56 bits per heavy atom. The number of nitriles is 1. The van der Waals surface area contributed by atoms with Crippen molar-refractivity contribution in [3.8, 4) is 6.07 Å². The second kappa shape index (κ2) is 6.98. The predicted octanol–water partition coefficient (Wildman–Crippen LogP) is 2.90. The van der Waals surface area contributed by atoms with E-state index in [0.717, 1.165) is 24.0 Å². The molecular formula is C19H20N2O4. The molecule has 3 unspecified atom stereocenters. The maximum Gasteiger partial charge on any atom is 0.410 e. The minimum atomic E-state index is -0.995. The summed E-state index contributed by atoms with van der Waals surface area (Å²) in [5.41, 5.74) is 2.91. The molecule has 0 spiro atoms. The van der Waals surface area contributed by atoms with Gasteiger partial charge >= 0.3 is 12.1 Å². The number of likely N-dealkylation sites (tertiary alicyclic amines) is 1. The highest BCUT2D eigenvalue weighted by Crippen LogP contribution is 2.41. The fourth-order valence-electron chi connectivity index (χ4n) is 3.84. The highest BCUT2D eigenvalue weighted by Gasteiger charge is 2.41. The largest absolute Gasteiger partial charge is 0.480 e. The fourth-order valence-corrected chi connectivity index (χ4v) is 3.84. The molecule has 1 fully saturated rings. The summed E-state index contributed by atoms with van der Waals surface area (Å²) >= 11 is 0. The molecule has 1 aromatic rings. The van der Waals surface area contributed by atoms with Gasteiger partial charge in [0.25, 0.3) is 0 Å². The number of nitrogens with zero attached hydrogens (tertiary/aromatic N) is 2. The summed E-state index contributed by atoms with van der Waals surface area (Å²) in [6.07, 6.45) is 3.65. The van der Waals surface area contributed by atoms with E-state index in [4.69, 9.17) is 10.00 Å². The first-order chi connectivity index (χ1) is 12.0. The number of aliphatic carboxylic acids is 1. The van der Waals surface area contributed by atoms with Crippen molar-refractivity contribution < 1.29 is 19.4 Å². The molecule has 1 amide bonds. The molecule has 1 aliphatic carbocycles.